The van der Waals surface area contributed by atoms with Crippen LogP contribution >= 0.6 is 22.9 Å². The van der Waals surface area contributed by atoms with Crippen molar-refractivity contribution in [2.75, 3.05) is 24.5 Å². The molecule has 1 saturated carbocycles. The van der Waals surface area contributed by atoms with Crippen molar-refractivity contribution in [3.8, 4) is 0 Å². The van der Waals surface area contributed by atoms with E-state index >= 15 is 0 Å². The quantitative estimate of drug-likeness (QED) is 0.859. The van der Waals surface area contributed by atoms with E-state index in [1.807, 2.05) is 24.0 Å². The summed E-state index contributed by atoms with van der Waals surface area (Å²) in [6.45, 7) is 4.92. The predicted molar refractivity (Wildman–Crippen MR) is 105 cm³/mol. The van der Waals surface area contributed by atoms with Crippen LogP contribution in [-0.4, -0.2) is 30.5 Å². The van der Waals surface area contributed by atoms with Gasteiger partial charge in [0.25, 0.3) is 0 Å². The smallest absolute Gasteiger partial charge is 0.231 e. The molecule has 2 fully saturated rings. The highest BCUT2D eigenvalue weighted by Crippen LogP contribution is 2.36. The number of nitrogens with one attached hydrogen (secondary N) is 1. The first-order chi connectivity index (χ1) is 12.1. The summed E-state index contributed by atoms with van der Waals surface area (Å²) in [6, 6.07) is 3.90. The average Bonchev–Trinajstić information content (AvgIpc) is 2.95. The van der Waals surface area contributed by atoms with Crippen molar-refractivity contribution in [3.05, 3.63) is 22.7 Å². The van der Waals surface area contributed by atoms with Gasteiger partial charge in [-0.1, -0.05) is 29.4 Å². The van der Waals surface area contributed by atoms with Crippen molar-refractivity contribution in [1.29, 1.82) is 0 Å². The summed E-state index contributed by atoms with van der Waals surface area (Å²) in [4.78, 5) is 19.9. The SMILES string of the molecule is Cc1cc(Cl)cc2sc(N(CC3CCNCC3)C(=O)C3CCC3)nc12. The van der Waals surface area contributed by atoms with Gasteiger partial charge in [-0.15, -0.1) is 0 Å². The van der Waals surface area contributed by atoms with Crippen LogP contribution in [0.2, 0.25) is 5.02 Å². The Morgan fingerprint density at radius 1 is 1.32 bits per heavy atom. The minimum absolute atomic E-state index is 0.193. The number of halogens is 1. The van der Waals surface area contributed by atoms with Gasteiger partial charge in [-0.25, -0.2) is 4.98 Å². The zero-order chi connectivity index (χ0) is 17.4. The molecule has 0 spiro atoms. The number of anilines is 1. The van der Waals surface area contributed by atoms with Crippen molar-refractivity contribution in [3.63, 3.8) is 0 Å². The normalized spacial score (nSPS) is 19.1. The number of piperidine rings is 1. The maximum atomic E-state index is 13.1. The number of benzene rings is 1. The highest BCUT2D eigenvalue weighted by atomic mass is 35.5. The number of rotatable bonds is 4. The second-order valence-electron chi connectivity index (χ2n) is 7.34. The first-order valence-electron chi connectivity index (χ1n) is 9.20. The molecule has 2 aromatic rings. The lowest BCUT2D eigenvalue weighted by atomic mass is 9.84. The van der Waals surface area contributed by atoms with Crippen LogP contribution < -0.4 is 10.2 Å². The molecule has 25 heavy (non-hydrogen) atoms. The van der Waals surface area contributed by atoms with Crippen LogP contribution in [0.4, 0.5) is 5.13 Å². The zero-order valence-corrected chi connectivity index (χ0v) is 16.1. The average molecular weight is 378 g/mol. The highest BCUT2D eigenvalue weighted by molar-refractivity contribution is 7.22. The van der Waals surface area contributed by atoms with Gasteiger partial charge >= 0.3 is 0 Å². The molecule has 1 aliphatic heterocycles. The number of hydrogen-bond acceptors (Lipinski definition) is 4. The predicted octanol–water partition coefficient (Wildman–Crippen LogP) is 4.39. The lowest BCUT2D eigenvalue weighted by Crippen LogP contribution is -2.43. The molecule has 2 aliphatic rings. The van der Waals surface area contributed by atoms with Gasteiger partial charge in [0.1, 0.15) is 0 Å². The van der Waals surface area contributed by atoms with Crippen molar-refractivity contribution in [1.82, 2.24) is 10.3 Å². The molecule has 0 bridgehead atoms. The van der Waals surface area contributed by atoms with E-state index in [1.165, 1.54) is 6.42 Å². The van der Waals surface area contributed by atoms with Crippen LogP contribution in [0.25, 0.3) is 10.2 Å². The molecule has 4 nitrogen and oxygen atoms in total. The summed E-state index contributed by atoms with van der Waals surface area (Å²) in [5.41, 5.74) is 2.05. The Kier molecular flexibility index (Phi) is 4.98. The van der Waals surface area contributed by atoms with E-state index in [9.17, 15) is 4.79 Å². The Labute approximate surface area is 157 Å². The fourth-order valence-corrected chi connectivity index (χ4v) is 5.15. The van der Waals surface area contributed by atoms with Gasteiger partial charge in [0, 0.05) is 17.5 Å². The maximum absolute atomic E-state index is 13.1. The van der Waals surface area contributed by atoms with Gasteiger partial charge in [0.2, 0.25) is 5.91 Å². The lowest BCUT2D eigenvalue weighted by Gasteiger charge is -2.33. The molecule has 2 heterocycles. The lowest BCUT2D eigenvalue weighted by molar-refractivity contribution is -0.124. The van der Waals surface area contributed by atoms with E-state index in [1.54, 1.807) is 11.3 Å². The minimum Gasteiger partial charge on any atom is -0.317 e. The molecule has 1 N–H and O–H groups in total. The van der Waals surface area contributed by atoms with E-state index in [0.717, 1.165) is 71.3 Å². The fourth-order valence-electron chi connectivity index (χ4n) is 3.72. The van der Waals surface area contributed by atoms with Gasteiger partial charge in [-0.3, -0.25) is 9.69 Å². The van der Waals surface area contributed by atoms with Gasteiger partial charge in [-0.05, 0) is 69.3 Å². The molecular formula is C19H24ClN3OS. The Hall–Kier alpha value is -1.17. The summed E-state index contributed by atoms with van der Waals surface area (Å²) in [5, 5.41) is 4.98. The Morgan fingerprint density at radius 2 is 2.08 bits per heavy atom. The number of aryl methyl sites for hydroxylation is 1. The van der Waals surface area contributed by atoms with Gasteiger partial charge < -0.3 is 5.32 Å². The molecule has 0 radical (unpaired) electrons. The van der Waals surface area contributed by atoms with Crippen LogP contribution in [-0.2, 0) is 4.79 Å². The summed E-state index contributed by atoms with van der Waals surface area (Å²) in [6.07, 6.45) is 5.48. The molecule has 1 aromatic heterocycles. The van der Waals surface area contributed by atoms with Crippen LogP contribution in [0.15, 0.2) is 12.1 Å². The third kappa shape index (κ3) is 3.55. The van der Waals surface area contributed by atoms with E-state index in [2.05, 4.69) is 5.32 Å². The Morgan fingerprint density at radius 3 is 2.76 bits per heavy atom. The van der Waals surface area contributed by atoms with Gasteiger partial charge in [0.15, 0.2) is 5.13 Å². The molecular weight excluding hydrogens is 354 g/mol. The van der Waals surface area contributed by atoms with Crippen molar-refractivity contribution in [2.45, 2.75) is 39.0 Å². The molecule has 134 valence electrons. The zero-order valence-electron chi connectivity index (χ0n) is 14.6. The molecule has 1 aromatic carbocycles. The molecule has 1 amide bonds. The third-order valence-electron chi connectivity index (χ3n) is 5.49. The summed E-state index contributed by atoms with van der Waals surface area (Å²) in [5.74, 6) is 1.02. The van der Waals surface area contributed by atoms with Crippen LogP contribution in [0.1, 0.15) is 37.7 Å². The number of thiazole rings is 1. The first kappa shape index (κ1) is 17.3. The topological polar surface area (TPSA) is 45.2 Å². The molecule has 0 unspecified atom stereocenters. The van der Waals surface area contributed by atoms with Crippen molar-refractivity contribution in [2.24, 2.45) is 11.8 Å². The number of nitrogens with zero attached hydrogens (tertiary/aromatic N) is 2. The minimum atomic E-state index is 0.193. The summed E-state index contributed by atoms with van der Waals surface area (Å²) < 4.78 is 1.07. The van der Waals surface area contributed by atoms with Gasteiger partial charge in [-0.2, -0.15) is 0 Å². The van der Waals surface area contributed by atoms with E-state index in [-0.39, 0.29) is 11.8 Å². The van der Waals surface area contributed by atoms with E-state index in [4.69, 9.17) is 16.6 Å². The monoisotopic (exact) mass is 377 g/mol. The second-order valence-corrected chi connectivity index (χ2v) is 8.78. The third-order valence-corrected chi connectivity index (χ3v) is 6.73. The number of hydrogen-bond donors (Lipinski definition) is 1. The number of fused-ring (bicyclic) bond motifs is 1. The summed E-state index contributed by atoms with van der Waals surface area (Å²) >= 11 is 7.80. The van der Waals surface area contributed by atoms with Crippen LogP contribution in [0, 0.1) is 18.8 Å². The standard InChI is InChI=1S/C19H24ClN3OS/c1-12-9-15(20)10-16-17(12)22-19(25-16)23(18(24)14-3-2-4-14)11-13-5-7-21-8-6-13/h9-10,13-14,21H,2-8,11H2,1H3. The molecule has 6 heteroatoms. The highest BCUT2D eigenvalue weighted by Gasteiger charge is 2.33. The second kappa shape index (κ2) is 7.22. The summed E-state index contributed by atoms with van der Waals surface area (Å²) in [7, 11) is 0. The van der Waals surface area contributed by atoms with E-state index in [0.29, 0.717) is 5.92 Å². The first-order valence-corrected chi connectivity index (χ1v) is 10.4. The molecule has 4 rings (SSSR count). The maximum Gasteiger partial charge on any atom is 0.231 e. The number of carbonyl (C=O) groups excluding carboxylic acids is 1. The van der Waals surface area contributed by atoms with Crippen molar-refractivity contribution >= 4 is 44.2 Å². The van der Waals surface area contributed by atoms with Crippen molar-refractivity contribution < 1.29 is 4.79 Å². The van der Waals surface area contributed by atoms with E-state index < -0.39 is 0 Å². The van der Waals surface area contributed by atoms with Gasteiger partial charge in [0.05, 0.1) is 10.2 Å². The Balaban J connectivity index is 1.66. The number of carbonyl (C=O) groups is 1. The number of amides is 1. The molecule has 1 aliphatic carbocycles. The molecule has 0 atom stereocenters. The van der Waals surface area contributed by atoms with Crippen LogP contribution in [0.3, 0.4) is 0 Å². The largest absolute Gasteiger partial charge is 0.317 e. The molecule has 1 saturated heterocycles. The van der Waals surface area contributed by atoms with Crippen LogP contribution in [0.5, 0.6) is 0 Å². The fraction of sp³-hybridized carbons (Fsp3) is 0.579. The number of aromatic nitrogens is 1. The Bertz CT molecular complexity index is 780.